The van der Waals surface area contributed by atoms with Crippen molar-refractivity contribution in [1.29, 1.82) is 0 Å². The van der Waals surface area contributed by atoms with Crippen molar-refractivity contribution in [2.24, 2.45) is 0 Å². The lowest BCUT2D eigenvalue weighted by Gasteiger charge is -2.26. The van der Waals surface area contributed by atoms with Gasteiger partial charge in [-0.1, -0.05) is 40.0 Å². The third-order valence-corrected chi connectivity index (χ3v) is 5.09. The lowest BCUT2D eigenvalue weighted by molar-refractivity contribution is 0.0887. The van der Waals surface area contributed by atoms with E-state index in [9.17, 15) is 4.79 Å². The molecule has 1 aromatic carbocycles. The summed E-state index contributed by atoms with van der Waals surface area (Å²) in [6, 6.07) is 7.75. The largest absolute Gasteiger partial charge is 0.350 e. The summed E-state index contributed by atoms with van der Waals surface area (Å²) in [4.78, 5) is 20.3. The van der Waals surface area contributed by atoms with E-state index in [1.165, 1.54) is 0 Å². The highest BCUT2D eigenvalue weighted by Crippen LogP contribution is 2.37. The van der Waals surface area contributed by atoms with Gasteiger partial charge in [0.25, 0.3) is 5.91 Å². The molecular weight excluding hydrogens is 372 g/mol. The zero-order chi connectivity index (χ0) is 16.7. The van der Waals surface area contributed by atoms with Crippen LogP contribution in [0.5, 0.6) is 0 Å². The van der Waals surface area contributed by atoms with Gasteiger partial charge in [-0.25, -0.2) is 0 Å². The molecule has 1 amide bonds. The van der Waals surface area contributed by atoms with Crippen LogP contribution >= 0.6 is 15.9 Å². The predicted molar refractivity (Wildman–Crippen MR) is 92.6 cm³/mol. The lowest BCUT2D eigenvalue weighted by atomic mass is 9.96. The lowest BCUT2D eigenvalue weighted by Crippen LogP contribution is -2.44. The molecule has 0 unspecified atom stereocenters. The number of nitrogens with one attached hydrogen (secondary N) is 2. The monoisotopic (exact) mass is 388 g/mol. The minimum absolute atomic E-state index is 0.147. The number of aryl methyl sites for hydroxylation is 1. The highest BCUT2D eigenvalue weighted by atomic mass is 79.9. The molecule has 0 saturated heterocycles. The Morgan fingerprint density at radius 1 is 1.33 bits per heavy atom. The van der Waals surface area contributed by atoms with Crippen LogP contribution in [-0.4, -0.2) is 21.0 Å². The van der Waals surface area contributed by atoms with Gasteiger partial charge in [-0.2, -0.15) is 4.98 Å². The van der Waals surface area contributed by atoms with E-state index in [4.69, 9.17) is 4.52 Å². The van der Waals surface area contributed by atoms with E-state index in [0.717, 1.165) is 41.1 Å². The zero-order valence-corrected chi connectivity index (χ0v) is 14.8. The number of carbonyl (C=O) groups is 1. The van der Waals surface area contributed by atoms with Crippen molar-refractivity contribution in [3.05, 3.63) is 46.1 Å². The molecule has 1 saturated carbocycles. The second-order valence-electron chi connectivity index (χ2n) is 6.29. The molecule has 0 atom stereocenters. The molecule has 3 aromatic rings. The Hall–Kier alpha value is -2.15. The first kappa shape index (κ1) is 15.4. The van der Waals surface area contributed by atoms with Crippen LogP contribution in [0.1, 0.15) is 47.9 Å². The van der Waals surface area contributed by atoms with Crippen LogP contribution in [0.3, 0.4) is 0 Å². The first-order valence-corrected chi connectivity index (χ1v) is 8.77. The number of rotatable bonds is 3. The summed E-state index contributed by atoms with van der Waals surface area (Å²) in [5, 5.41) is 8.20. The van der Waals surface area contributed by atoms with Gasteiger partial charge >= 0.3 is 0 Å². The van der Waals surface area contributed by atoms with Crippen LogP contribution in [0, 0.1) is 6.92 Å². The van der Waals surface area contributed by atoms with Crippen molar-refractivity contribution in [1.82, 2.24) is 20.4 Å². The Kier molecular flexibility index (Phi) is 3.68. The van der Waals surface area contributed by atoms with Crippen molar-refractivity contribution in [2.75, 3.05) is 0 Å². The van der Waals surface area contributed by atoms with Gasteiger partial charge in [0.15, 0.2) is 5.82 Å². The third-order valence-electron chi connectivity index (χ3n) is 4.59. The molecule has 4 rings (SSSR count). The first-order valence-electron chi connectivity index (χ1n) is 7.97. The Morgan fingerprint density at radius 3 is 2.83 bits per heavy atom. The standard InChI is InChI=1S/C17H17BrN4O2/c1-10-19-16(22-24-10)17(6-2-3-7-17)21-15(23)14-8-11-4-5-12(18)9-13(11)20-14/h4-5,8-9,20H,2-3,6-7H2,1H3,(H,21,23). The van der Waals surface area contributed by atoms with Gasteiger partial charge in [-0.05, 0) is 31.0 Å². The Morgan fingerprint density at radius 2 is 2.12 bits per heavy atom. The molecule has 2 aromatic heterocycles. The number of aromatic amines is 1. The minimum atomic E-state index is -0.535. The SMILES string of the molecule is Cc1nc(C2(NC(=O)c3cc4ccc(Br)cc4[nH]3)CCCC2)no1. The van der Waals surface area contributed by atoms with Gasteiger partial charge in [0.05, 0.1) is 0 Å². The Bertz CT molecular complexity index is 908. The zero-order valence-electron chi connectivity index (χ0n) is 13.2. The molecule has 0 aliphatic heterocycles. The summed E-state index contributed by atoms with van der Waals surface area (Å²) < 4.78 is 6.10. The summed E-state index contributed by atoms with van der Waals surface area (Å²) in [5.74, 6) is 0.942. The normalized spacial score (nSPS) is 16.6. The molecule has 1 aliphatic rings. The molecule has 24 heavy (non-hydrogen) atoms. The van der Waals surface area contributed by atoms with Gasteiger partial charge < -0.3 is 14.8 Å². The summed E-state index contributed by atoms with van der Waals surface area (Å²) >= 11 is 3.44. The number of hydrogen-bond acceptors (Lipinski definition) is 4. The molecule has 0 bridgehead atoms. The van der Waals surface area contributed by atoms with Crippen LogP contribution in [0.25, 0.3) is 10.9 Å². The van der Waals surface area contributed by atoms with Crippen LogP contribution in [0.2, 0.25) is 0 Å². The molecule has 0 spiro atoms. The second-order valence-corrected chi connectivity index (χ2v) is 7.21. The van der Waals surface area contributed by atoms with Crippen molar-refractivity contribution < 1.29 is 9.32 Å². The van der Waals surface area contributed by atoms with E-state index in [1.54, 1.807) is 6.92 Å². The summed E-state index contributed by atoms with van der Waals surface area (Å²) in [6.45, 7) is 1.76. The van der Waals surface area contributed by atoms with Crippen molar-refractivity contribution >= 4 is 32.7 Å². The Balaban J connectivity index is 1.65. The van der Waals surface area contributed by atoms with Gasteiger partial charge in [-0.15, -0.1) is 0 Å². The highest BCUT2D eigenvalue weighted by molar-refractivity contribution is 9.10. The van der Waals surface area contributed by atoms with E-state index in [0.29, 0.717) is 17.4 Å². The number of hydrogen-bond donors (Lipinski definition) is 2. The maximum atomic E-state index is 12.8. The van der Waals surface area contributed by atoms with E-state index in [2.05, 4.69) is 36.4 Å². The number of carbonyl (C=O) groups excluding carboxylic acids is 1. The average Bonchev–Trinajstić information content (AvgIpc) is 3.26. The molecular formula is C17H17BrN4O2. The second kappa shape index (κ2) is 5.73. The molecule has 6 nitrogen and oxygen atoms in total. The highest BCUT2D eigenvalue weighted by Gasteiger charge is 2.41. The maximum Gasteiger partial charge on any atom is 0.268 e. The molecule has 0 radical (unpaired) electrons. The van der Waals surface area contributed by atoms with Gasteiger partial charge in [0.2, 0.25) is 5.89 Å². The van der Waals surface area contributed by atoms with Crippen LogP contribution in [0.15, 0.2) is 33.3 Å². The minimum Gasteiger partial charge on any atom is -0.350 e. The van der Waals surface area contributed by atoms with Crippen molar-refractivity contribution in [3.8, 4) is 0 Å². The smallest absolute Gasteiger partial charge is 0.268 e. The summed E-state index contributed by atoms with van der Waals surface area (Å²) in [6.07, 6.45) is 3.72. The number of benzene rings is 1. The number of halogens is 1. The fourth-order valence-corrected chi connectivity index (χ4v) is 3.74. The number of fused-ring (bicyclic) bond motifs is 1. The molecule has 2 heterocycles. The first-order chi connectivity index (χ1) is 11.6. The Labute approximate surface area is 147 Å². The van der Waals surface area contributed by atoms with E-state index in [1.807, 2.05) is 24.3 Å². The maximum absolute atomic E-state index is 12.8. The topological polar surface area (TPSA) is 83.8 Å². The van der Waals surface area contributed by atoms with Crippen LogP contribution in [0.4, 0.5) is 0 Å². The van der Waals surface area contributed by atoms with E-state index < -0.39 is 5.54 Å². The van der Waals surface area contributed by atoms with E-state index >= 15 is 0 Å². The molecule has 1 aliphatic carbocycles. The van der Waals surface area contributed by atoms with E-state index in [-0.39, 0.29) is 5.91 Å². The molecule has 124 valence electrons. The van der Waals surface area contributed by atoms with Crippen LogP contribution < -0.4 is 5.32 Å². The van der Waals surface area contributed by atoms with Crippen molar-refractivity contribution in [2.45, 2.75) is 38.1 Å². The predicted octanol–water partition coefficient (Wildman–Crippen LogP) is 3.82. The van der Waals surface area contributed by atoms with Crippen LogP contribution in [-0.2, 0) is 5.54 Å². The molecule has 1 fully saturated rings. The fourth-order valence-electron chi connectivity index (χ4n) is 3.38. The number of nitrogens with zero attached hydrogens (tertiary/aromatic N) is 2. The average molecular weight is 389 g/mol. The summed E-state index contributed by atoms with van der Waals surface area (Å²) in [7, 11) is 0. The quantitative estimate of drug-likeness (QED) is 0.713. The fraction of sp³-hybridized carbons (Fsp3) is 0.353. The third kappa shape index (κ3) is 2.62. The number of amides is 1. The van der Waals surface area contributed by atoms with Gasteiger partial charge in [0, 0.05) is 22.3 Å². The number of aromatic nitrogens is 3. The van der Waals surface area contributed by atoms with Gasteiger partial charge in [-0.3, -0.25) is 4.79 Å². The van der Waals surface area contributed by atoms with Gasteiger partial charge in [0.1, 0.15) is 11.2 Å². The molecule has 7 heteroatoms. The number of H-pyrrole nitrogens is 1. The molecule has 2 N–H and O–H groups in total. The van der Waals surface area contributed by atoms with Crippen molar-refractivity contribution in [3.63, 3.8) is 0 Å². The summed E-state index contributed by atoms with van der Waals surface area (Å²) in [5.41, 5.74) is 0.923.